The lowest BCUT2D eigenvalue weighted by atomic mass is 10.2. The van der Waals surface area contributed by atoms with Crippen LogP contribution in [0.5, 0.6) is 0 Å². The van der Waals surface area contributed by atoms with Crippen molar-refractivity contribution in [3.63, 3.8) is 0 Å². The summed E-state index contributed by atoms with van der Waals surface area (Å²) in [5.74, 6) is 0. The standard InChI is InChI=1S/C17H32N2O2/c1-7-14(3)10-11-15(8-2)18-12-9-13-19-16(20)21-17(4,5)6/h10-11,18H,7-9,12-13H2,1-6H3,(H,19,20)/b14-10-,15-11+. The number of ether oxygens (including phenoxy) is 1. The van der Waals surface area contributed by atoms with E-state index in [9.17, 15) is 4.79 Å². The van der Waals surface area contributed by atoms with Crippen LogP contribution in [0.1, 0.15) is 60.8 Å². The van der Waals surface area contributed by atoms with E-state index in [4.69, 9.17) is 4.74 Å². The Balaban J connectivity index is 3.91. The molecule has 0 aliphatic rings. The molecule has 0 bridgehead atoms. The van der Waals surface area contributed by atoms with Crippen molar-refractivity contribution >= 4 is 6.09 Å². The maximum Gasteiger partial charge on any atom is 0.407 e. The molecule has 0 rings (SSSR count). The number of hydrogen-bond donors (Lipinski definition) is 2. The van der Waals surface area contributed by atoms with Gasteiger partial charge in [-0.1, -0.05) is 25.5 Å². The number of allylic oxidation sites excluding steroid dienone is 4. The Bertz CT molecular complexity index is 365. The molecular formula is C17H32N2O2. The predicted octanol–water partition coefficient (Wildman–Crippen LogP) is 4.14. The van der Waals surface area contributed by atoms with Crippen LogP contribution in [0.2, 0.25) is 0 Å². The fraction of sp³-hybridized carbons (Fsp3) is 0.706. The van der Waals surface area contributed by atoms with Crippen molar-refractivity contribution in [2.75, 3.05) is 13.1 Å². The summed E-state index contributed by atoms with van der Waals surface area (Å²) < 4.78 is 5.17. The minimum absolute atomic E-state index is 0.352. The first-order valence-electron chi connectivity index (χ1n) is 7.85. The van der Waals surface area contributed by atoms with Crippen molar-refractivity contribution in [1.82, 2.24) is 10.6 Å². The van der Waals surface area contributed by atoms with E-state index in [0.717, 1.165) is 25.8 Å². The number of carbonyl (C=O) groups is 1. The maximum absolute atomic E-state index is 11.4. The van der Waals surface area contributed by atoms with Crippen LogP contribution in [0, 0.1) is 0 Å². The lowest BCUT2D eigenvalue weighted by Crippen LogP contribution is -2.33. The van der Waals surface area contributed by atoms with Gasteiger partial charge in [0.2, 0.25) is 0 Å². The summed E-state index contributed by atoms with van der Waals surface area (Å²) in [6, 6.07) is 0. The van der Waals surface area contributed by atoms with Crippen molar-refractivity contribution in [1.29, 1.82) is 0 Å². The molecule has 21 heavy (non-hydrogen) atoms. The highest BCUT2D eigenvalue weighted by molar-refractivity contribution is 5.67. The van der Waals surface area contributed by atoms with E-state index in [2.05, 4.69) is 43.6 Å². The molecule has 4 heteroatoms. The van der Waals surface area contributed by atoms with Crippen molar-refractivity contribution in [3.8, 4) is 0 Å². The van der Waals surface area contributed by atoms with E-state index in [1.54, 1.807) is 0 Å². The molecule has 4 nitrogen and oxygen atoms in total. The molecule has 0 heterocycles. The van der Waals surface area contributed by atoms with E-state index in [1.807, 2.05) is 20.8 Å². The normalized spacial score (nSPS) is 13.0. The number of rotatable bonds is 8. The van der Waals surface area contributed by atoms with Gasteiger partial charge in [0, 0.05) is 18.8 Å². The summed E-state index contributed by atoms with van der Waals surface area (Å²) in [6.45, 7) is 13.5. The zero-order valence-electron chi connectivity index (χ0n) is 14.5. The van der Waals surface area contributed by atoms with Crippen LogP contribution in [-0.2, 0) is 4.74 Å². The molecule has 1 amide bonds. The smallest absolute Gasteiger partial charge is 0.407 e. The average Bonchev–Trinajstić information content (AvgIpc) is 2.39. The van der Waals surface area contributed by atoms with Crippen LogP contribution in [0.4, 0.5) is 4.79 Å². The number of hydrogen-bond acceptors (Lipinski definition) is 3. The first-order chi connectivity index (χ1) is 9.78. The molecule has 0 aromatic carbocycles. The number of alkyl carbamates (subject to hydrolysis) is 1. The fourth-order valence-corrected chi connectivity index (χ4v) is 1.50. The minimum Gasteiger partial charge on any atom is -0.444 e. The Kier molecular flexibility index (Phi) is 9.59. The molecule has 0 saturated heterocycles. The molecule has 122 valence electrons. The van der Waals surface area contributed by atoms with Gasteiger partial charge in [-0.25, -0.2) is 4.79 Å². The van der Waals surface area contributed by atoms with E-state index >= 15 is 0 Å². The summed E-state index contributed by atoms with van der Waals surface area (Å²) in [4.78, 5) is 11.4. The molecule has 2 N–H and O–H groups in total. The largest absolute Gasteiger partial charge is 0.444 e. The SMILES string of the molecule is CC/C(C)=C\C=C(/CC)NCCCNC(=O)OC(C)(C)C. The van der Waals surface area contributed by atoms with E-state index in [-0.39, 0.29) is 6.09 Å². The Morgan fingerprint density at radius 1 is 1.05 bits per heavy atom. The van der Waals surface area contributed by atoms with Gasteiger partial charge < -0.3 is 15.4 Å². The quantitative estimate of drug-likeness (QED) is 0.523. The lowest BCUT2D eigenvalue weighted by molar-refractivity contribution is 0.0527. The number of nitrogens with one attached hydrogen (secondary N) is 2. The molecule has 0 spiro atoms. The third-order valence-corrected chi connectivity index (χ3v) is 2.88. The molecule has 0 unspecified atom stereocenters. The predicted molar refractivity (Wildman–Crippen MR) is 89.3 cm³/mol. The Morgan fingerprint density at radius 3 is 2.19 bits per heavy atom. The third-order valence-electron chi connectivity index (χ3n) is 2.88. The van der Waals surface area contributed by atoms with Crippen LogP contribution in [0.15, 0.2) is 23.4 Å². The number of amides is 1. The molecule has 0 aliphatic carbocycles. The van der Waals surface area contributed by atoms with Crippen LogP contribution >= 0.6 is 0 Å². The van der Waals surface area contributed by atoms with Crippen LogP contribution < -0.4 is 10.6 Å². The van der Waals surface area contributed by atoms with Gasteiger partial charge in [-0.05, 0) is 53.0 Å². The van der Waals surface area contributed by atoms with Crippen LogP contribution in [0.25, 0.3) is 0 Å². The van der Waals surface area contributed by atoms with Gasteiger partial charge in [0.1, 0.15) is 5.60 Å². The van der Waals surface area contributed by atoms with E-state index in [0.29, 0.717) is 6.54 Å². The highest BCUT2D eigenvalue weighted by Crippen LogP contribution is 2.06. The molecule has 0 aromatic heterocycles. The first-order valence-corrected chi connectivity index (χ1v) is 7.85. The monoisotopic (exact) mass is 296 g/mol. The Hall–Kier alpha value is -1.45. The second kappa shape index (κ2) is 10.3. The van der Waals surface area contributed by atoms with E-state index in [1.165, 1.54) is 11.3 Å². The van der Waals surface area contributed by atoms with Gasteiger partial charge in [0.15, 0.2) is 0 Å². The molecule has 0 atom stereocenters. The minimum atomic E-state index is -0.441. The summed E-state index contributed by atoms with van der Waals surface area (Å²) in [5.41, 5.74) is 2.15. The van der Waals surface area contributed by atoms with Crippen molar-refractivity contribution < 1.29 is 9.53 Å². The zero-order chi connectivity index (χ0) is 16.3. The lowest BCUT2D eigenvalue weighted by Gasteiger charge is -2.19. The molecule has 0 saturated carbocycles. The molecule has 0 aliphatic heterocycles. The Labute approximate surface area is 130 Å². The van der Waals surface area contributed by atoms with Gasteiger partial charge in [-0.15, -0.1) is 0 Å². The second-order valence-electron chi connectivity index (χ2n) is 6.12. The molecule has 0 aromatic rings. The summed E-state index contributed by atoms with van der Waals surface area (Å²) in [5, 5.41) is 6.15. The van der Waals surface area contributed by atoms with E-state index < -0.39 is 5.60 Å². The fourth-order valence-electron chi connectivity index (χ4n) is 1.50. The highest BCUT2D eigenvalue weighted by atomic mass is 16.6. The van der Waals surface area contributed by atoms with Crippen LogP contribution in [0.3, 0.4) is 0 Å². The maximum atomic E-state index is 11.4. The zero-order valence-corrected chi connectivity index (χ0v) is 14.5. The van der Waals surface area contributed by atoms with Gasteiger partial charge in [0.25, 0.3) is 0 Å². The Morgan fingerprint density at radius 2 is 1.67 bits per heavy atom. The van der Waals surface area contributed by atoms with Gasteiger partial charge in [0.05, 0.1) is 0 Å². The van der Waals surface area contributed by atoms with Crippen molar-refractivity contribution in [3.05, 3.63) is 23.4 Å². The topological polar surface area (TPSA) is 50.4 Å². The first kappa shape index (κ1) is 19.6. The summed E-state index contributed by atoms with van der Waals surface area (Å²) in [6.07, 6.45) is 6.87. The number of carbonyl (C=O) groups excluding carboxylic acids is 1. The third kappa shape index (κ3) is 12.0. The van der Waals surface area contributed by atoms with Gasteiger partial charge >= 0.3 is 6.09 Å². The molecule has 0 fully saturated rings. The van der Waals surface area contributed by atoms with Gasteiger partial charge in [-0.2, -0.15) is 0 Å². The summed E-state index contributed by atoms with van der Waals surface area (Å²) in [7, 11) is 0. The van der Waals surface area contributed by atoms with Crippen molar-refractivity contribution in [2.45, 2.75) is 66.4 Å². The second-order valence-corrected chi connectivity index (χ2v) is 6.12. The van der Waals surface area contributed by atoms with Crippen LogP contribution in [-0.4, -0.2) is 24.8 Å². The molecule has 0 radical (unpaired) electrons. The van der Waals surface area contributed by atoms with Crippen molar-refractivity contribution in [2.24, 2.45) is 0 Å². The summed E-state index contributed by atoms with van der Waals surface area (Å²) >= 11 is 0. The highest BCUT2D eigenvalue weighted by Gasteiger charge is 2.15. The molecular weight excluding hydrogens is 264 g/mol. The van der Waals surface area contributed by atoms with Gasteiger partial charge in [-0.3, -0.25) is 0 Å². The average molecular weight is 296 g/mol.